The molecule has 0 aliphatic heterocycles. The molecule has 3 nitrogen and oxygen atoms in total. The van der Waals surface area contributed by atoms with Crippen molar-refractivity contribution in [3.8, 4) is 0 Å². The molecule has 0 spiro atoms. The van der Waals surface area contributed by atoms with Crippen LogP contribution in [-0.4, -0.2) is 35.3 Å². The fourth-order valence-corrected chi connectivity index (χ4v) is 2.87. The molecule has 0 aromatic carbocycles. The van der Waals surface area contributed by atoms with Gasteiger partial charge in [0.15, 0.2) is 0 Å². The van der Waals surface area contributed by atoms with Crippen LogP contribution in [0.15, 0.2) is 0 Å². The number of nitrogens with two attached hydrogens (primary N) is 1. The average Bonchev–Trinajstić information content (AvgIpc) is 2.24. The van der Waals surface area contributed by atoms with Crippen LogP contribution in [0.4, 0.5) is 0 Å². The predicted molar refractivity (Wildman–Crippen MR) is 66.4 cm³/mol. The second-order valence-electron chi connectivity index (χ2n) is 4.47. The van der Waals surface area contributed by atoms with E-state index in [2.05, 4.69) is 5.32 Å². The topological polar surface area (TPSA) is 55.1 Å². The number of hydrogen-bond acceptors (Lipinski definition) is 3. The molecule has 3 unspecified atom stereocenters. The molecular formula is C11H24N2OS. The highest BCUT2D eigenvalue weighted by atomic mass is 32.2. The van der Waals surface area contributed by atoms with Crippen molar-refractivity contribution in [3.63, 3.8) is 0 Å². The van der Waals surface area contributed by atoms with Crippen molar-refractivity contribution in [1.82, 2.24) is 5.32 Å². The average molecular weight is 232 g/mol. The zero-order valence-corrected chi connectivity index (χ0v) is 10.5. The van der Waals surface area contributed by atoms with E-state index in [0.717, 1.165) is 25.3 Å². The molecule has 1 saturated carbocycles. The van der Waals surface area contributed by atoms with Gasteiger partial charge in [0.2, 0.25) is 0 Å². The van der Waals surface area contributed by atoms with E-state index < -0.39 is 10.8 Å². The summed E-state index contributed by atoms with van der Waals surface area (Å²) < 4.78 is 10.9. The number of rotatable bonds is 6. The summed E-state index contributed by atoms with van der Waals surface area (Å²) in [6.07, 6.45) is 7.97. The smallest absolute Gasteiger partial charge is 0.0244 e. The van der Waals surface area contributed by atoms with E-state index in [1.807, 2.05) is 0 Å². The largest absolute Gasteiger partial charge is 0.330 e. The Morgan fingerprint density at radius 2 is 2.13 bits per heavy atom. The van der Waals surface area contributed by atoms with Gasteiger partial charge in [0.25, 0.3) is 0 Å². The predicted octanol–water partition coefficient (Wildman–Crippen LogP) is 0.862. The summed E-state index contributed by atoms with van der Waals surface area (Å²) in [5.74, 6) is 1.47. The van der Waals surface area contributed by atoms with Gasteiger partial charge in [-0.15, -0.1) is 0 Å². The first kappa shape index (κ1) is 13.1. The lowest BCUT2D eigenvalue weighted by Gasteiger charge is -2.31. The molecule has 3 atom stereocenters. The Bertz CT molecular complexity index is 199. The molecule has 15 heavy (non-hydrogen) atoms. The van der Waals surface area contributed by atoms with Gasteiger partial charge in [0.05, 0.1) is 0 Å². The summed E-state index contributed by atoms with van der Waals surface area (Å²) in [7, 11) is -0.647. The normalized spacial score (nSPS) is 28.9. The number of hydrogen-bond donors (Lipinski definition) is 2. The molecule has 0 saturated heterocycles. The van der Waals surface area contributed by atoms with Crippen molar-refractivity contribution in [3.05, 3.63) is 0 Å². The molecule has 1 rings (SSSR count). The van der Waals surface area contributed by atoms with Crippen molar-refractivity contribution in [2.24, 2.45) is 11.7 Å². The summed E-state index contributed by atoms with van der Waals surface area (Å²) in [6, 6.07) is 0.606. The van der Waals surface area contributed by atoms with Crippen molar-refractivity contribution < 1.29 is 4.21 Å². The van der Waals surface area contributed by atoms with Gasteiger partial charge in [-0.05, 0) is 38.3 Å². The van der Waals surface area contributed by atoms with E-state index in [1.165, 1.54) is 25.7 Å². The van der Waals surface area contributed by atoms with Crippen LogP contribution < -0.4 is 11.1 Å². The van der Waals surface area contributed by atoms with Crippen LogP contribution in [0.25, 0.3) is 0 Å². The first-order valence-electron chi connectivity index (χ1n) is 5.97. The maximum Gasteiger partial charge on any atom is 0.0244 e. The van der Waals surface area contributed by atoms with E-state index in [0.29, 0.717) is 12.0 Å². The summed E-state index contributed by atoms with van der Waals surface area (Å²) in [5, 5.41) is 3.56. The van der Waals surface area contributed by atoms with Gasteiger partial charge in [-0.3, -0.25) is 4.21 Å². The first-order valence-corrected chi connectivity index (χ1v) is 7.70. The Morgan fingerprint density at radius 1 is 1.40 bits per heavy atom. The van der Waals surface area contributed by atoms with Crippen LogP contribution in [-0.2, 0) is 10.8 Å². The summed E-state index contributed by atoms with van der Waals surface area (Å²) in [5.41, 5.74) is 5.76. The minimum absolute atomic E-state index is 0.606. The molecule has 0 radical (unpaired) electrons. The van der Waals surface area contributed by atoms with Gasteiger partial charge in [-0.2, -0.15) is 0 Å². The molecular weight excluding hydrogens is 208 g/mol. The van der Waals surface area contributed by atoms with Crippen molar-refractivity contribution in [2.45, 2.75) is 38.1 Å². The molecule has 0 aromatic rings. The summed E-state index contributed by atoms with van der Waals surface area (Å²) >= 11 is 0. The lowest BCUT2D eigenvalue weighted by molar-refractivity contribution is 0.269. The van der Waals surface area contributed by atoms with Gasteiger partial charge < -0.3 is 11.1 Å². The highest BCUT2D eigenvalue weighted by Crippen LogP contribution is 2.23. The summed E-state index contributed by atoms with van der Waals surface area (Å²) in [4.78, 5) is 0. The third kappa shape index (κ3) is 5.09. The Kier molecular flexibility index (Phi) is 6.45. The maximum absolute atomic E-state index is 10.9. The van der Waals surface area contributed by atoms with Crippen LogP contribution in [0.5, 0.6) is 0 Å². The Labute approximate surface area is 95.6 Å². The number of nitrogens with one attached hydrogen (secondary N) is 1. The van der Waals surface area contributed by atoms with E-state index in [-0.39, 0.29) is 0 Å². The monoisotopic (exact) mass is 232 g/mol. The van der Waals surface area contributed by atoms with Gasteiger partial charge in [-0.1, -0.05) is 12.8 Å². The van der Waals surface area contributed by atoms with Crippen molar-refractivity contribution in [1.29, 1.82) is 0 Å². The van der Waals surface area contributed by atoms with E-state index >= 15 is 0 Å². The maximum atomic E-state index is 10.9. The molecule has 3 N–H and O–H groups in total. The van der Waals surface area contributed by atoms with Crippen molar-refractivity contribution in [2.75, 3.05) is 25.1 Å². The molecule has 0 amide bonds. The minimum atomic E-state index is -0.647. The van der Waals surface area contributed by atoms with Crippen LogP contribution in [0, 0.1) is 5.92 Å². The van der Waals surface area contributed by atoms with Crippen molar-refractivity contribution >= 4 is 10.8 Å². The molecule has 0 heterocycles. The van der Waals surface area contributed by atoms with E-state index in [4.69, 9.17) is 5.73 Å². The summed E-state index contributed by atoms with van der Waals surface area (Å²) in [6.45, 7) is 1.79. The Hall–Kier alpha value is 0.0700. The zero-order valence-electron chi connectivity index (χ0n) is 9.71. The fraction of sp³-hybridized carbons (Fsp3) is 1.00. The highest BCUT2D eigenvalue weighted by molar-refractivity contribution is 7.84. The fourth-order valence-electron chi connectivity index (χ4n) is 2.32. The molecule has 1 aliphatic rings. The lowest BCUT2D eigenvalue weighted by Crippen LogP contribution is -2.42. The van der Waals surface area contributed by atoms with Gasteiger partial charge in [0.1, 0.15) is 0 Å². The van der Waals surface area contributed by atoms with E-state index in [1.54, 1.807) is 6.26 Å². The van der Waals surface area contributed by atoms with Crippen LogP contribution in [0.1, 0.15) is 32.1 Å². The molecule has 1 aliphatic carbocycles. The third-order valence-corrected chi connectivity index (χ3v) is 4.09. The van der Waals surface area contributed by atoms with Crippen LogP contribution in [0.3, 0.4) is 0 Å². The molecule has 0 bridgehead atoms. The Morgan fingerprint density at radius 3 is 2.80 bits per heavy atom. The molecule has 90 valence electrons. The minimum Gasteiger partial charge on any atom is -0.330 e. The van der Waals surface area contributed by atoms with Crippen LogP contribution >= 0.6 is 0 Å². The lowest BCUT2D eigenvalue weighted by atomic mass is 9.84. The standard InChI is InChI=1S/C11H24N2OS/c1-15(14)8-4-7-13-11-6-3-2-5-10(11)9-12/h10-11,13H,2-9,12H2,1H3. The quantitative estimate of drug-likeness (QED) is 0.668. The molecule has 0 aromatic heterocycles. The SMILES string of the molecule is CS(=O)CCCNC1CCCCC1CN. The van der Waals surface area contributed by atoms with Crippen LogP contribution in [0.2, 0.25) is 0 Å². The van der Waals surface area contributed by atoms with Gasteiger partial charge in [-0.25, -0.2) is 0 Å². The second-order valence-corrected chi connectivity index (χ2v) is 6.03. The zero-order chi connectivity index (χ0) is 11.1. The Balaban J connectivity index is 2.15. The third-order valence-electron chi connectivity index (χ3n) is 3.23. The van der Waals surface area contributed by atoms with Gasteiger partial charge >= 0.3 is 0 Å². The first-order chi connectivity index (χ1) is 7.24. The highest BCUT2D eigenvalue weighted by Gasteiger charge is 2.22. The second kappa shape index (κ2) is 7.36. The molecule has 1 fully saturated rings. The van der Waals surface area contributed by atoms with E-state index in [9.17, 15) is 4.21 Å². The van der Waals surface area contributed by atoms with Gasteiger partial charge in [0, 0.05) is 28.9 Å². The molecule has 4 heteroatoms.